The minimum atomic E-state index is -0.921. The Hall–Kier alpha value is -1.91. The monoisotopic (exact) mass is 277 g/mol. The van der Waals surface area contributed by atoms with Gasteiger partial charge in [-0.05, 0) is 42.9 Å². The Morgan fingerprint density at radius 3 is 2.60 bits per heavy atom. The van der Waals surface area contributed by atoms with E-state index in [9.17, 15) is 14.0 Å². The molecule has 1 amide bonds. The van der Waals surface area contributed by atoms with Crippen molar-refractivity contribution in [2.24, 2.45) is 5.92 Å². The lowest BCUT2D eigenvalue weighted by atomic mass is 10.1. The largest absolute Gasteiger partial charge is 0.480 e. The number of rotatable bonds is 3. The number of hydrogen-bond donors (Lipinski definition) is 1. The van der Waals surface area contributed by atoms with E-state index in [0.29, 0.717) is 13.0 Å². The van der Waals surface area contributed by atoms with Gasteiger partial charge in [0.15, 0.2) is 0 Å². The van der Waals surface area contributed by atoms with Crippen LogP contribution in [0.4, 0.5) is 4.39 Å². The van der Waals surface area contributed by atoms with Gasteiger partial charge in [-0.2, -0.15) is 0 Å². The van der Waals surface area contributed by atoms with E-state index in [1.807, 2.05) is 0 Å². The number of aliphatic carboxylic acids is 1. The highest BCUT2D eigenvalue weighted by atomic mass is 19.1. The van der Waals surface area contributed by atoms with Crippen LogP contribution in [0.15, 0.2) is 24.3 Å². The molecular weight excluding hydrogens is 261 g/mol. The van der Waals surface area contributed by atoms with Gasteiger partial charge in [-0.1, -0.05) is 12.1 Å². The van der Waals surface area contributed by atoms with Gasteiger partial charge < -0.3 is 10.0 Å². The van der Waals surface area contributed by atoms with Crippen molar-refractivity contribution in [1.29, 1.82) is 0 Å². The molecule has 1 aromatic carbocycles. The maximum Gasteiger partial charge on any atom is 0.326 e. The normalized spacial score (nSPS) is 28.4. The predicted octanol–water partition coefficient (Wildman–Crippen LogP) is 2.00. The Morgan fingerprint density at radius 1 is 1.25 bits per heavy atom. The number of carbonyl (C=O) groups is 2. The summed E-state index contributed by atoms with van der Waals surface area (Å²) < 4.78 is 12.9. The van der Waals surface area contributed by atoms with E-state index >= 15 is 0 Å². The van der Waals surface area contributed by atoms with E-state index in [4.69, 9.17) is 5.11 Å². The van der Waals surface area contributed by atoms with Crippen molar-refractivity contribution in [1.82, 2.24) is 4.90 Å². The molecule has 2 aliphatic rings. The summed E-state index contributed by atoms with van der Waals surface area (Å²) in [4.78, 5) is 25.0. The number of likely N-dealkylation sites (tertiary alicyclic amines) is 1. The lowest BCUT2D eigenvalue weighted by Crippen LogP contribution is -2.41. The predicted molar refractivity (Wildman–Crippen MR) is 69.6 cm³/mol. The highest BCUT2D eigenvalue weighted by molar-refractivity contribution is 5.88. The van der Waals surface area contributed by atoms with E-state index in [2.05, 4.69) is 0 Å². The van der Waals surface area contributed by atoms with Crippen molar-refractivity contribution in [3.05, 3.63) is 35.6 Å². The van der Waals surface area contributed by atoms with Crippen molar-refractivity contribution in [3.8, 4) is 0 Å². The first kappa shape index (κ1) is 13.1. The lowest BCUT2D eigenvalue weighted by Gasteiger charge is -2.21. The molecule has 2 unspecified atom stereocenters. The molecule has 1 aliphatic carbocycles. The van der Waals surface area contributed by atoms with E-state index in [1.54, 1.807) is 12.1 Å². The number of hydrogen-bond acceptors (Lipinski definition) is 2. The molecule has 0 bridgehead atoms. The fourth-order valence-electron chi connectivity index (χ4n) is 3.05. The first-order valence-electron chi connectivity index (χ1n) is 6.86. The number of carboxylic acid groups (broad SMARTS) is 1. The van der Waals surface area contributed by atoms with Gasteiger partial charge in [0, 0.05) is 12.5 Å². The Bertz CT molecular complexity index is 543. The maximum atomic E-state index is 12.9. The molecule has 5 heteroatoms. The first-order chi connectivity index (χ1) is 9.58. The molecule has 106 valence electrons. The number of benzene rings is 1. The number of halogens is 1. The maximum absolute atomic E-state index is 12.9. The zero-order valence-corrected chi connectivity index (χ0v) is 11.0. The van der Waals surface area contributed by atoms with Crippen LogP contribution in [0.25, 0.3) is 0 Å². The van der Waals surface area contributed by atoms with Crippen LogP contribution < -0.4 is 0 Å². The van der Waals surface area contributed by atoms with Crippen LogP contribution in [-0.2, 0) is 9.59 Å². The Labute approximate surface area is 116 Å². The van der Waals surface area contributed by atoms with E-state index < -0.39 is 12.0 Å². The Kier molecular flexibility index (Phi) is 3.20. The van der Waals surface area contributed by atoms with Crippen LogP contribution in [-0.4, -0.2) is 34.5 Å². The second-order valence-corrected chi connectivity index (χ2v) is 5.53. The molecule has 3 rings (SSSR count). The van der Waals surface area contributed by atoms with Crippen molar-refractivity contribution < 1.29 is 19.1 Å². The quantitative estimate of drug-likeness (QED) is 0.919. The SMILES string of the molecule is O=C(O)[C@@H]1CCCN1C(=O)C1CC1c1ccc(F)cc1. The highest BCUT2D eigenvalue weighted by Gasteiger charge is 2.48. The average Bonchev–Trinajstić information content (AvgIpc) is 3.06. The van der Waals surface area contributed by atoms with Crippen LogP contribution in [0.5, 0.6) is 0 Å². The van der Waals surface area contributed by atoms with Crippen LogP contribution in [0.2, 0.25) is 0 Å². The smallest absolute Gasteiger partial charge is 0.326 e. The molecule has 1 saturated heterocycles. The number of carbonyl (C=O) groups excluding carboxylic acids is 1. The first-order valence-corrected chi connectivity index (χ1v) is 6.86. The summed E-state index contributed by atoms with van der Waals surface area (Å²) in [5.41, 5.74) is 0.954. The second kappa shape index (κ2) is 4.89. The van der Waals surface area contributed by atoms with Gasteiger partial charge in [-0.15, -0.1) is 0 Å². The average molecular weight is 277 g/mol. The fourth-order valence-corrected chi connectivity index (χ4v) is 3.05. The summed E-state index contributed by atoms with van der Waals surface area (Å²) in [5.74, 6) is -1.31. The minimum absolute atomic E-state index is 0.0655. The molecule has 0 spiro atoms. The molecule has 2 fully saturated rings. The third-order valence-corrected chi connectivity index (χ3v) is 4.23. The van der Waals surface area contributed by atoms with Gasteiger partial charge in [0.1, 0.15) is 11.9 Å². The van der Waals surface area contributed by atoms with Crippen molar-refractivity contribution in [3.63, 3.8) is 0 Å². The van der Waals surface area contributed by atoms with E-state index in [-0.39, 0.29) is 23.6 Å². The summed E-state index contributed by atoms with van der Waals surface area (Å²) in [7, 11) is 0. The highest BCUT2D eigenvalue weighted by Crippen LogP contribution is 2.49. The zero-order chi connectivity index (χ0) is 14.3. The zero-order valence-electron chi connectivity index (χ0n) is 11.0. The lowest BCUT2D eigenvalue weighted by molar-refractivity contribution is -0.148. The molecule has 0 aromatic heterocycles. The molecule has 1 aromatic rings. The molecule has 1 N–H and O–H groups in total. The van der Waals surface area contributed by atoms with Crippen molar-refractivity contribution in [2.75, 3.05) is 6.54 Å². The Morgan fingerprint density at radius 2 is 1.95 bits per heavy atom. The number of nitrogens with zero attached hydrogens (tertiary/aromatic N) is 1. The molecule has 1 aliphatic heterocycles. The summed E-state index contributed by atoms with van der Waals surface area (Å²) >= 11 is 0. The fraction of sp³-hybridized carbons (Fsp3) is 0.467. The van der Waals surface area contributed by atoms with Crippen LogP contribution >= 0.6 is 0 Å². The summed E-state index contributed by atoms with van der Waals surface area (Å²) in [6.45, 7) is 0.530. The van der Waals surface area contributed by atoms with Gasteiger partial charge in [-0.3, -0.25) is 4.79 Å². The van der Waals surface area contributed by atoms with Gasteiger partial charge in [0.2, 0.25) is 5.91 Å². The molecule has 1 heterocycles. The van der Waals surface area contributed by atoms with E-state index in [0.717, 1.165) is 18.4 Å². The number of amides is 1. The second-order valence-electron chi connectivity index (χ2n) is 5.53. The standard InChI is InChI=1S/C15H16FNO3/c16-10-5-3-9(4-6-10)11-8-12(11)14(18)17-7-1-2-13(17)15(19)20/h3-6,11-13H,1-2,7-8H2,(H,19,20)/t11?,12?,13-/m0/s1. The summed E-state index contributed by atoms with van der Waals surface area (Å²) in [6, 6.07) is 5.52. The number of carboxylic acids is 1. The Balaban J connectivity index is 1.68. The van der Waals surface area contributed by atoms with Gasteiger partial charge >= 0.3 is 5.97 Å². The van der Waals surface area contributed by atoms with Crippen molar-refractivity contribution >= 4 is 11.9 Å². The minimum Gasteiger partial charge on any atom is -0.480 e. The molecule has 3 atom stereocenters. The van der Waals surface area contributed by atoms with E-state index in [1.165, 1.54) is 17.0 Å². The van der Waals surface area contributed by atoms with Gasteiger partial charge in [0.25, 0.3) is 0 Å². The summed E-state index contributed by atoms with van der Waals surface area (Å²) in [6.07, 6.45) is 2.01. The third kappa shape index (κ3) is 2.28. The van der Waals surface area contributed by atoms with Crippen LogP contribution in [0, 0.1) is 11.7 Å². The van der Waals surface area contributed by atoms with Crippen molar-refractivity contribution in [2.45, 2.75) is 31.2 Å². The van der Waals surface area contributed by atoms with Crippen LogP contribution in [0.3, 0.4) is 0 Å². The third-order valence-electron chi connectivity index (χ3n) is 4.23. The summed E-state index contributed by atoms with van der Waals surface area (Å²) in [5, 5.41) is 9.11. The topological polar surface area (TPSA) is 57.6 Å². The van der Waals surface area contributed by atoms with Gasteiger partial charge in [-0.25, -0.2) is 9.18 Å². The molecule has 0 radical (unpaired) electrons. The van der Waals surface area contributed by atoms with Crippen LogP contribution in [0.1, 0.15) is 30.7 Å². The molecule has 4 nitrogen and oxygen atoms in total. The molecular formula is C15H16FNO3. The molecule has 1 saturated carbocycles. The van der Waals surface area contributed by atoms with Gasteiger partial charge in [0.05, 0.1) is 0 Å². The molecule has 20 heavy (non-hydrogen) atoms.